The lowest BCUT2D eigenvalue weighted by Gasteiger charge is -2.34. The van der Waals surface area contributed by atoms with Gasteiger partial charge in [-0.3, -0.25) is 0 Å². The summed E-state index contributed by atoms with van der Waals surface area (Å²) < 4.78 is 24.8. The van der Waals surface area contributed by atoms with E-state index in [1.807, 2.05) is 13.8 Å². The third-order valence-corrected chi connectivity index (χ3v) is 6.09. The summed E-state index contributed by atoms with van der Waals surface area (Å²) >= 11 is 0. The standard InChI is InChI=1S/C11H20N2O2S/c1-3-9(4-2)16(14,15)11(13)8-6-5-7-10(11)12/h5-10H,3-4,12-13H2,1-2H3. The third kappa shape index (κ3) is 1.95. The molecule has 0 spiro atoms. The maximum atomic E-state index is 12.4. The SMILES string of the molecule is CCC(CC)S(=O)(=O)C1(N)C=CC=CC1N. The first-order valence-electron chi connectivity index (χ1n) is 5.54. The van der Waals surface area contributed by atoms with E-state index in [-0.39, 0.29) is 0 Å². The largest absolute Gasteiger partial charge is 0.322 e. The summed E-state index contributed by atoms with van der Waals surface area (Å²) in [5.41, 5.74) is 11.8. The minimum Gasteiger partial charge on any atom is -0.322 e. The lowest BCUT2D eigenvalue weighted by atomic mass is 10.0. The molecule has 0 radical (unpaired) electrons. The molecule has 1 aliphatic rings. The predicted molar refractivity (Wildman–Crippen MR) is 66.5 cm³/mol. The van der Waals surface area contributed by atoms with Crippen molar-refractivity contribution in [3.8, 4) is 0 Å². The zero-order valence-corrected chi connectivity index (χ0v) is 10.6. The number of hydrogen-bond acceptors (Lipinski definition) is 4. The smallest absolute Gasteiger partial charge is 0.177 e. The van der Waals surface area contributed by atoms with Gasteiger partial charge in [0, 0.05) is 0 Å². The fourth-order valence-corrected chi connectivity index (χ4v) is 4.13. The molecule has 2 atom stereocenters. The molecule has 0 aromatic heterocycles. The molecule has 0 aromatic rings. The van der Waals surface area contributed by atoms with E-state index in [1.54, 1.807) is 18.2 Å². The molecule has 16 heavy (non-hydrogen) atoms. The van der Waals surface area contributed by atoms with E-state index in [0.29, 0.717) is 12.8 Å². The van der Waals surface area contributed by atoms with Crippen LogP contribution in [-0.4, -0.2) is 24.6 Å². The van der Waals surface area contributed by atoms with Gasteiger partial charge in [0.2, 0.25) is 0 Å². The molecule has 5 heteroatoms. The summed E-state index contributed by atoms with van der Waals surface area (Å²) in [6, 6.07) is -0.678. The topological polar surface area (TPSA) is 86.2 Å². The van der Waals surface area contributed by atoms with Crippen molar-refractivity contribution in [1.29, 1.82) is 0 Å². The number of rotatable bonds is 4. The Morgan fingerprint density at radius 1 is 1.31 bits per heavy atom. The Kier molecular flexibility index (Phi) is 3.93. The second-order valence-corrected chi connectivity index (χ2v) is 6.57. The van der Waals surface area contributed by atoms with Crippen molar-refractivity contribution in [3.63, 3.8) is 0 Å². The van der Waals surface area contributed by atoms with Crippen LogP contribution in [0.5, 0.6) is 0 Å². The molecule has 1 aliphatic carbocycles. The fraction of sp³-hybridized carbons (Fsp3) is 0.636. The van der Waals surface area contributed by atoms with Gasteiger partial charge in [0.1, 0.15) is 0 Å². The van der Waals surface area contributed by atoms with Crippen molar-refractivity contribution < 1.29 is 8.42 Å². The Morgan fingerprint density at radius 2 is 1.88 bits per heavy atom. The lowest BCUT2D eigenvalue weighted by Crippen LogP contribution is -2.61. The van der Waals surface area contributed by atoms with E-state index >= 15 is 0 Å². The van der Waals surface area contributed by atoms with Crippen LogP contribution >= 0.6 is 0 Å². The van der Waals surface area contributed by atoms with Crippen LogP contribution in [0, 0.1) is 0 Å². The van der Waals surface area contributed by atoms with Crippen LogP contribution in [0.15, 0.2) is 24.3 Å². The maximum Gasteiger partial charge on any atom is 0.177 e. The molecular formula is C11H20N2O2S. The van der Waals surface area contributed by atoms with Gasteiger partial charge in [-0.15, -0.1) is 0 Å². The van der Waals surface area contributed by atoms with Crippen molar-refractivity contribution in [2.75, 3.05) is 0 Å². The second kappa shape index (κ2) is 4.69. The highest BCUT2D eigenvalue weighted by molar-refractivity contribution is 7.93. The molecule has 4 N–H and O–H groups in total. The Balaban J connectivity index is 3.17. The molecule has 0 aliphatic heterocycles. The van der Waals surface area contributed by atoms with Gasteiger partial charge in [-0.05, 0) is 18.9 Å². The quantitative estimate of drug-likeness (QED) is 0.762. The molecule has 0 amide bonds. The highest BCUT2D eigenvalue weighted by Gasteiger charge is 2.46. The van der Waals surface area contributed by atoms with E-state index < -0.39 is 26.0 Å². The maximum absolute atomic E-state index is 12.4. The van der Waals surface area contributed by atoms with Crippen molar-refractivity contribution >= 4 is 9.84 Å². The highest BCUT2D eigenvalue weighted by atomic mass is 32.2. The van der Waals surface area contributed by atoms with Crippen LogP contribution in [-0.2, 0) is 9.84 Å². The first kappa shape index (κ1) is 13.4. The summed E-state index contributed by atoms with van der Waals surface area (Å²) in [4.78, 5) is -1.46. The lowest BCUT2D eigenvalue weighted by molar-refractivity contribution is 0.512. The zero-order chi connectivity index (χ0) is 12.4. The molecular weight excluding hydrogens is 224 g/mol. The van der Waals surface area contributed by atoms with Gasteiger partial charge >= 0.3 is 0 Å². The molecule has 1 rings (SSSR count). The van der Waals surface area contributed by atoms with Crippen molar-refractivity contribution in [1.82, 2.24) is 0 Å². The van der Waals surface area contributed by atoms with E-state index in [4.69, 9.17) is 11.5 Å². The van der Waals surface area contributed by atoms with Crippen molar-refractivity contribution in [2.45, 2.75) is 42.9 Å². The van der Waals surface area contributed by atoms with Crippen LogP contribution in [0.3, 0.4) is 0 Å². The second-order valence-electron chi connectivity index (χ2n) is 4.11. The summed E-state index contributed by atoms with van der Waals surface area (Å²) in [5, 5.41) is -0.431. The molecule has 92 valence electrons. The number of allylic oxidation sites excluding steroid dienone is 2. The summed E-state index contributed by atoms with van der Waals surface area (Å²) in [6.45, 7) is 3.70. The monoisotopic (exact) mass is 244 g/mol. The molecule has 0 saturated carbocycles. The van der Waals surface area contributed by atoms with Crippen molar-refractivity contribution in [2.24, 2.45) is 11.5 Å². The van der Waals surface area contributed by atoms with Crippen LogP contribution < -0.4 is 11.5 Å². The van der Waals surface area contributed by atoms with Gasteiger partial charge in [-0.25, -0.2) is 8.42 Å². The number of nitrogens with two attached hydrogens (primary N) is 2. The Hall–Kier alpha value is -0.650. The number of sulfone groups is 1. The van der Waals surface area contributed by atoms with Gasteiger partial charge in [0.15, 0.2) is 14.7 Å². The van der Waals surface area contributed by atoms with Crippen LogP contribution in [0.1, 0.15) is 26.7 Å². The Bertz CT molecular complexity index is 396. The van der Waals surface area contributed by atoms with E-state index in [9.17, 15) is 8.42 Å². The third-order valence-electron chi connectivity index (χ3n) is 3.15. The normalized spacial score (nSPS) is 29.9. The summed E-state index contributed by atoms with van der Waals surface area (Å²) in [5.74, 6) is 0. The molecule has 2 unspecified atom stereocenters. The first-order valence-corrected chi connectivity index (χ1v) is 7.08. The first-order chi connectivity index (χ1) is 7.40. The Morgan fingerprint density at radius 3 is 2.31 bits per heavy atom. The summed E-state index contributed by atoms with van der Waals surface area (Å²) in [7, 11) is -3.46. The minimum atomic E-state index is -3.46. The van der Waals surface area contributed by atoms with Crippen LogP contribution in [0.4, 0.5) is 0 Å². The zero-order valence-electron chi connectivity index (χ0n) is 9.76. The molecule has 0 aromatic carbocycles. The average molecular weight is 244 g/mol. The van der Waals surface area contributed by atoms with E-state index in [1.165, 1.54) is 6.08 Å². The van der Waals surface area contributed by atoms with Gasteiger partial charge in [0.25, 0.3) is 0 Å². The highest BCUT2D eigenvalue weighted by Crippen LogP contribution is 2.27. The van der Waals surface area contributed by atoms with Crippen LogP contribution in [0.2, 0.25) is 0 Å². The van der Waals surface area contributed by atoms with E-state index in [2.05, 4.69) is 0 Å². The molecule has 0 heterocycles. The van der Waals surface area contributed by atoms with E-state index in [0.717, 1.165) is 0 Å². The molecule has 0 fully saturated rings. The molecule has 0 bridgehead atoms. The Labute approximate surface area is 97.3 Å². The van der Waals surface area contributed by atoms with Gasteiger partial charge < -0.3 is 11.5 Å². The summed E-state index contributed by atoms with van der Waals surface area (Å²) in [6.07, 6.45) is 7.59. The van der Waals surface area contributed by atoms with Crippen molar-refractivity contribution in [3.05, 3.63) is 24.3 Å². The predicted octanol–water partition coefficient (Wildman–Crippen LogP) is 0.698. The fourth-order valence-electron chi connectivity index (χ4n) is 1.95. The molecule has 0 saturated heterocycles. The minimum absolute atomic E-state index is 0.431. The van der Waals surface area contributed by atoms with Crippen LogP contribution in [0.25, 0.3) is 0 Å². The average Bonchev–Trinajstić information content (AvgIpc) is 2.23. The molecule has 4 nitrogen and oxygen atoms in total. The van der Waals surface area contributed by atoms with Gasteiger partial charge in [-0.2, -0.15) is 0 Å². The number of hydrogen-bond donors (Lipinski definition) is 2. The van der Waals surface area contributed by atoms with Gasteiger partial charge in [0.05, 0.1) is 11.3 Å². The van der Waals surface area contributed by atoms with Gasteiger partial charge in [-0.1, -0.05) is 32.1 Å².